The minimum Gasteiger partial charge on any atom is -0.399 e. The molecular weight excluding hydrogens is 256 g/mol. The number of nitrogens with two attached hydrogens (primary N) is 1. The summed E-state index contributed by atoms with van der Waals surface area (Å²) in [7, 11) is 0. The first-order chi connectivity index (χ1) is 7.24. The molecule has 1 aliphatic heterocycles. The van der Waals surface area contributed by atoms with E-state index < -0.39 is 0 Å². The van der Waals surface area contributed by atoms with E-state index in [0.717, 1.165) is 36.3 Å². The van der Waals surface area contributed by atoms with Gasteiger partial charge in [0.2, 0.25) is 0 Å². The number of benzene rings is 1. The summed E-state index contributed by atoms with van der Waals surface area (Å²) in [6.07, 6.45) is 2.38. The normalized spacial score (nSPS) is 17.9. The van der Waals surface area contributed by atoms with Crippen molar-refractivity contribution >= 4 is 21.6 Å². The van der Waals surface area contributed by atoms with Crippen molar-refractivity contribution in [3.05, 3.63) is 28.2 Å². The third-order valence-electron chi connectivity index (χ3n) is 2.41. The van der Waals surface area contributed by atoms with Crippen LogP contribution in [0.3, 0.4) is 0 Å². The van der Waals surface area contributed by atoms with E-state index in [1.807, 2.05) is 17.2 Å². The number of hydrogen-bond donors (Lipinski definition) is 1. The molecule has 1 heterocycles. The first-order valence-electron chi connectivity index (χ1n) is 5.17. The maximum atomic E-state index is 5.78. The fourth-order valence-electron chi connectivity index (χ4n) is 1.74. The fourth-order valence-corrected chi connectivity index (χ4v) is 2.30. The van der Waals surface area contributed by atoms with Crippen LogP contribution in [0.15, 0.2) is 22.7 Å². The molecule has 0 unspecified atom stereocenters. The molecule has 82 valence electrons. The molecule has 2 N–H and O–H groups in total. The molecule has 0 aromatic heterocycles. The van der Waals surface area contributed by atoms with Gasteiger partial charge in [0.1, 0.15) is 0 Å². The van der Waals surface area contributed by atoms with Crippen molar-refractivity contribution in [3.8, 4) is 0 Å². The summed E-state index contributed by atoms with van der Waals surface area (Å²) < 4.78 is 1.02. The van der Waals surface area contributed by atoms with Crippen LogP contribution in [0.2, 0.25) is 0 Å². The Balaban J connectivity index is 2.02. The molecule has 0 spiro atoms. The van der Waals surface area contributed by atoms with Crippen LogP contribution in [-0.2, 0) is 11.4 Å². The molecule has 0 bridgehead atoms. The second-order valence-corrected chi connectivity index (χ2v) is 4.71. The van der Waals surface area contributed by atoms with Gasteiger partial charge in [-0.1, -0.05) is 15.9 Å². The average Bonchev–Trinajstić information content (AvgIpc) is 2.17. The number of nitrogen functional groups attached to an aromatic ring is 1. The zero-order valence-corrected chi connectivity index (χ0v) is 10.2. The number of nitrogens with zero attached hydrogens (tertiary/aromatic N) is 1. The zero-order chi connectivity index (χ0) is 10.7. The Kier molecular flexibility index (Phi) is 3.61. The summed E-state index contributed by atoms with van der Waals surface area (Å²) in [5.41, 5.74) is 7.75. The Morgan fingerprint density at radius 3 is 2.87 bits per heavy atom. The molecule has 0 amide bonds. The van der Waals surface area contributed by atoms with Crippen LogP contribution in [-0.4, -0.2) is 18.2 Å². The molecule has 0 aliphatic carbocycles. The predicted octanol–water partition coefficient (Wildman–Crippen LogP) is 2.56. The number of anilines is 1. The van der Waals surface area contributed by atoms with Gasteiger partial charge in [0.15, 0.2) is 0 Å². The minimum atomic E-state index is 0.788. The first-order valence-corrected chi connectivity index (χ1v) is 5.96. The molecule has 1 saturated heterocycles. The van der Waals surface area contributed by atoms with E-state index in [-0.39, 0.29) is 0 Å². The van der Waals surface area contributed by atoms with Gasteiger partial charge in [-0.15, -0.1) is 0 Å². The smallest absolute Gasteiger partial charge is 0.0685 e. The number of halogens is 1. The molecule has 4 heteroatoms. The van der Waals surface area contributed by atoms with Gasteiger partial charge in [-0.05, 0) is 36.6 Å². The van der Waals surface area contributed by atoms with Gasteiger partial charge >= 0.3 is 0 Å². The largest absolute Gasteiger partial charge is 0.399 e. The lowest BCUT2D eigenvalue weighted by Gasteiger charge is -2.26. The highest BCUT2D eigenvalue weighted by atomic mass is 79.9. The van der Waals surface area contributed by atoms with Gasteiger partial charge in [-0.25, -0.2) is 0 Å². The van der Waals surface area contributed by atoms with E-state index in [1.165, 1.54) is 12.0 Å². The molecule has 3 nitrogen and oxygen atoms in total. The van der Waals surface area contributed by atoms with Crippen LogP contribution in [0.4, 0.5) is 5.69 Å². The second kappa shape index (κ2) is 4.96. The van der Waals surface area contributed by atoms with E-state index in [2.05, 4.69) is 22.0 Å². The Bertz CT molecular complexity index is 317. The highest BCUT2D eigenvalue weighted by molar-refractivity contribution is 9.10. The highest BCUT2D eigenvalue weighted by Gasteiger charge is 2.11. The van der Waals surface area contributed by atoms with Crippen molar-refractivity contribution in [1.29, 1.82) is 0 Å². The SMILES string of the molecule is Nc1cc(Br)cc(CN2CCCCO2)c1. The summed E-state index contributed by atoms with van der Waals surface area (Å²) >= 11 is 3.44. The highest BCUT2D eigenvalue weighted by Crippen LogP contribution is 2.19. The van der Waals surface area contributed by atoms with Crippen molar-refractivity contribution in [2.75, 3.05) is 18.9 Å². The fraction of sp³-hybridized carbons (Fsp3) is 0.455. The number of rotatable bonds is 2. The summed E-state index contributed by atoms with van der Waals surface area (Å²) in [4.78, 5) is 5.54. The minimum absolute atomic E-state index is 0.788. The van der Waals surface area contributed by atoms with Gasteiger partial charge in [-0.3, -0.25) is 4.84 Å². The van der Waals surface area contributed by atoms with Crippen LogP contribution in [0.1, 0.15) is 18.4 Å². The predicted molar refractivity (Wildman–Crippen MR) is 64.2 cm³/mol. The maximum Gasteiger partial charge on any atom is 0.0685 e. The number of hydrogen-bond acceptors (Lipinski definition) is 3. The van der Waals surface area contributed by atoms with Gasteiger partial charge < -0.3 is 5.73 Å². The van der Waals surface area contributed by atoms with Crippen LogP contribution in [0, 0.1) is 0 Å². The number of hydroxylamine groups is 2. The molecular formula is C11H15BrN2O. The van der Waals surface area contributed by atoms with Crippen LogP contribution in [0.25, 0.3) is 0 Å². The Morgan fingerprint density at radius 1 is 1.33 bits per heavy atom. The van der Waals surface area contributed by atoms with Gasteiger partial charge in [0.05, 0.1) is 6.61 Å². The Morgan fingerprint density at radius 2 is 2.20 bits per heavy atom. The van der Waals surface area contributed by atoms with Gasteiger partial charge in [0, 0.05) is 23.2 Å². The molecule has 2 rings (SSSR count). The van der Waals surface area contributed by atoms with Crippen LogP contribution in [0.5, 0.6) is 0 Å². The summed E-state index contributed by atoms with van der Waals surface area (Å²) in [5, 5.41) is 2.00. The van der Waals surface area contributed by atoms with Crippen LogP contribution >= 0.6 is 15.9 Å². The summed E-state index contributed by atoms with van der Waals surface area (Å²) in [6, 6.07) is 5.97. The van der Waals surface area contributed by atoms with E-state index in [9.17, 15) is 0 Å². The summed E-state index contributed by atoms with van der Waals surface area (Å²) in [6.45, 7) is 2.65. The molecule has 1 aromatic rings. The maximum absolute atomic E-state index is 5.78. The van der Waals surface area contributed by atoms with Crippen molar-refractivity contribution < 1.29 is 4.84 Å². The lowest BCUT2D eigenvalue weighted by Crippen LogP contribution is -2.29. The van der Waals surface area contributed by atoms with Crippen molar-refractivity contribution in [2.24, 2.45) is 0 Å². The molecule has 0 saturated carbocycles. The van der Waals surface area contributed by atoms with E-state index in [0.29, 0.717) is 0 Å². The van der Waals surface area contributed by atoms with Crippen molar-refractivity contribution in [3.63, 3.8) is 0 Å². The van der Waals surface area contributed by atoms with Gasteiger partial charge in [0.25, 0.3) is 0 Å². The van der Waals surface area contributed by atoms with E-state index in [4.69, 9.17) is 10.6 Å². The molecule has 1 fully saturated rings. The third kappa shape index (κ3) is 3.19. The lowest BCUT2D eigenvalue weighted by molar-refractivity contribution is -0.187. The second-order valence-electron chi connectivity index (χ2n) is 3.80. The molecule has 1 aromatic carbocycles. The topological polar surface area (TPSA) is 38.5 Å². The lowest BCUT2D eigenvalue weighted by atomic mass is 10.2. The molecule has 1 aliphatic rings. The first kappa shape index (κ1) is 10.9. The average molecular weight is 271 g/mol. The quantitative estimate of drug-likeness (QED) is 0.840. The molecule has 0 atom stereocenters. The summed E-state index contributed by atoms with van der Waals surface area (Å²) in [5.74, 6) is 0. The zero-order valence-electron chi connectivity index (χ0n) is 8.58. The van der Waals surface area contributed by atoms with Gasteiger partial charge in [-0.2, -0.15) is 5.06 Å². The van der Waals surface area contributed by atoms with Crippen molar-refractivity contribution in [2.45, 2.75) is 19.4 Å². The Labute approximate surface area is 98.3 Å². The van der Waals surface area contributed by atoms with E-state index in [1.54, 1.807) is 0 Å². The Hall–Kier alpha value is -0.580. The monoisotopic (exact) mass is 270 g/mol. The third-order valence-corrected chi connectivity index (χ3v) is 2.87. The van der Waals surface area contributed by atoms with Crippen molar-refractivity contribution in [1.82, 2.24) is 5.06 Å². The molecule has 0 radical (unpaired) electrons. The van der Waals surface area contributed by atoms with E-state index >= 15 is 0 Å². The molecule has 15 heavy (non-hydrogen) atoms. The standard InChI is InChI=1S/C11H15BrN2O/c12-10-5-9(6-11(13)7-10)8-14-3-1-2-4-15-14/h5-7H,1-4,8,13H2. The van der Waals surface area contributed by atoms with Crippen LogP contribution < -0.4 is 5.73 Å².